The van der Waals surface area contributed by atoms with Crippen LogP contribution in [0.25, 0.3) is 10.9 Å². The van der Waals surface area contributed by atoms with E-state index in [1.165, 1.54) is 16.5 Å². The molecular formula is C28H34N4O4. The first-order chi connectivity index (χ1) is 17.6. The minimum absolute atomic E-state index is 0.150. The average molecular weight is 491 g/mol. The van der Waals surface area contributed by atoms with Crippen molar-refractivity contribution in [1.29, 1.82) is 0 Å². The number of ether oxygens (including phenoxy) is 2. The first-order valence-electron chi connectivity index (χ1n) is 12.8. The Morgan fingerprint density at radius 3 is 2.69 bits per heavy atom. The average Bonchev–Trinajstić information content (AvgIpc) is 3.19. The molecule has 0 saturated carbocycles. The summed E-state index contributed by atoms with van der Waals surface area (Å²) in [6.45, 7) is 7.65. The van der Waals surface area contributed by atoms with Crippen molar-refractivity contribution in [2.24, 2.45) is 0 Å². The van der Waals surface area contributed by atoms with E-state index in [0.717, 1.165) is 36.5 Å². The Morgan fingerprint density at radius 1 is 1.03 bits per heavy atom. The molecule has 3 aromatic rings. The van der Waals surface area contributed by atoms with Crippen LogP contribution >= 0.6 is 0 Å². The standard InChI is InChI=1S/C28H34N4O4/c1-2-35-28(34)31-13-11-30(12-14-31)19-21-7-9-26-23(17-21)20-32(15-16-36-26)27(33)10-8-22-18-29-25-6-4-3-5-24(22)25/h3-7,9,17-18,29H,2,8,10-16,19-20H2,1H3. The van der Waals surface area contributed by atoms with Gasteiger partial charge in [0.2, 0.25) is 5.91 Å². The van der Waals surface area contributed by atoms with Crippen LogP contribution in [0.2, 0.25) is 0 Å². The molecule has 5 rings (SSSR count). The van der Waals surface area contributed by atoms with E-state index >= 15 is 0 Å². The maximum atomic E-state index is 13.1. The van der Waals surface area contributed by atoms with Crippen LogP contribution in [0.3, 0.4) is 0 Å². The molecule has 8 heteroatoms. The minimum Gasteiger partial charge on any atom is -0.491 e. The van der Waals surface area contributed by atoms with Crippen molar-refractivity contribution in [3.8, 4) is 5.75 Å². The summed E-state index contributed by atoms with van der Waals surface area (Å²) in [5.41, 5.74) is 4.52. The fraction of sp³-hybridized carbons (Fsp3) is 0.429. The monoisotopic (exact) mass is 490 g/mol. The topological polar surface area (TPSA) is 78.1 Å². The van der Waals surface area contributed by atoms with Crippen molar-refractivity contribution in [2.45, 2.75) is 32.9 Å². The summed E-state index contributed by atoms with van der Waals surface area (Å²) in [6.07, 6.45) is 2.97. The van der Waals surface area contributed by atoms with Gasteiger partial charge < -0.3 is 24.3 Å². The van der Waals surface area contributed by atoms with Crippen LogP contribution in [0.4, 0.5) is 4.79 Å². The molecular weight excluding hydrogens is 456 g/mol. The Labute approximate surface area is 211 Å². The molecule has 0 radical (unpaired) electrons. The number of nitrogens with one attached hydrogen (secondary N) is 1. The molecule has 190 valence electrons. The van der Waals surface area contributed by atoms with Gasteiger partial charge in [0, 0.05) is 68.4 Å². The Bertz CT molecular complexity index is 1220. The fourth-order valence-electron chi connectivity index (χ4n) is 5.06. The van der Waals surface area contributed by atoms with E-state index in [1.807, 2.05) is 36.2 Å². The van der Waals surface area contributed by atoms with Gasteiger partial charge in [0.05, 0.1) is 13.2 Å². The summed E-state index contributed by atoms with van der Waals surface area (Å²) < 4.78 is 11.1. The lowest BCUT2D eigenvalue weighted by molar-refractivity contribution is -0.131. The predicted octanol–water partition coefficient (Wildman–Crippen LogP) is 3.80. The molecule has 0 unspecified atom stereocenters. The molecule has 1 N–H and O–H groups in total. The molecule has 1 fully saturated rings. The minimum atomic E-state index is -0.228. The van der Waals surface area contributed by atoms with Crippen LogP contribution in [-0.4, -0.2) is 77.6 Å². The van der Waals surface area contributed by atoms with Gasteiger partial charge in [-0.05, 0) is 42.7 Å². The van der Waals surface area contributed by atoms with Crippen LogP contribution in [0, 0.1) is 0 Å². The molecule has 2 aliphatic rings. The second kappa shape index (κ2) is 11.0. The number of para-hydroxylation sites is 1. The molecule has 0 spiro atoms. The molecule has 8 nitrogen and oxygen atoms in total. The number of carbonyl (C=O) groups is 2. The number of carbonyl (C=O) groups excluding carboxylic acids is 2. The number of amides is 2. The summed E-state index contributed by atoms with van der Waals surface area (Å²) in [7, 11) is 0. The van der Waals surface area contributed by atoms with Gasteiger partial charge >= 0.3 is 6.09 Å². The number of rotatable bonds is 6. The van der Waals surface area contributed by atoms with Gasteiger partial charge in [-0.15, -0.1) is 0 Å². The van der Waals surface area contributed by atoms with Crippen LogP contribution < -0.4 is 4.74 Å². The highest BCUT2D eigenvalue weighted by molar-refractivity contribution is 5.84. The summed E-state index contributed by atoms with van der Waals surface area (Å²) in [6, 6.07) is 14.5. The van der Waals surface area contributed by atoms with Crippen LogP contribution in [0.5, 0.6) is 5.75 Å². The number of aromatic nitrogens is 1. The van der Waals surface area contributed by atoms with Crippen LogP contribution in [0.1, 0.15) is 30.0 Å². The van der Waals surface area contributed by atoms with Crippen molar-refractivity contribution >= 4 is 22.9 Å². The van der Waals surface area contributed by atoms with E-state index in [2.05, 4.69) is 34.1 Å². The molecule has 0 aliphatic carbocycles. The van der Waals surface area contributed by atoms with E-state index in [4.69, 9.17) is 9.47 Å². The van der Waals surface area contributed by atoms with E-state index in [1.54, 1.807) is 4.90 Å². The molecule has 2 aliphatic heterocycles. The quantitative estimate of drug-likeness (QED) is 0.569. The highest BCUT2D eigenvalue weighted by Crippen LogP contribution is 2.26. The number of nitrogens with zero attached hydrogens (tertiary/aromatic N) is 3. The Balaban J connectivity index is 1.18. The number of aryl methyl sites for hydroxylation is 1. The fourth-order valence-corrected chi connectivity index (χ4v) is 5.06. The summed E-state index contributed by atoms with van der Waals surface area (Å²) in [5.74, 6) is 1.01. The van der Waals surface area contributed by atoms with Gasteiger partial charge in [0.25, 0.3) is 0 Å². The van der Waals surface area contributed by atoms with Gasteiger partial charge in [-0.1, -0.05) is 24.3 Å². The molecule has 0 bridgehead atoms. The smallest absolute Gasteiger partial charge is 0.409 e. The number of aromatic amines is 1. The third-order valence-electron chi connectivity index (χ3n) is 7.05. The maximum absolute atomic E-state index is 13.1. The molecule has 36 heavy (non-hydrogen) atoms. The van der Waals surface area contributed by atoms with Gasteiger partial charge in [0.1, 0.15) is 12.4 Å². The molecule has 1 aromatic heterocycles. The molecule has 3 heterocycles. The zero-order chi connectivity index (χ0) is 24.9. The lowest BCUT2D eigenvalue weighted by atomic mass is 10.1. The summed E-state index contributed by atoms with van der Waals surface area (Å²) >= 11 is 0. The largest absolute Gasteiger partial charge is 0.491 e. The normalized spacial score (nSPS) is 16.4. The highest BCUT2D eigenvalue weighted by atomic mass is 16.6. The lowest BCUT2D eigenvalue weighted by Gasteiger charge is -2.34. The number of benzene rings is 2. The lowest BCUT2D eigenvalue weighted by Crippen LogP contribution is -2.48. The maximum Gasteiger partial charge on any atom is 0.409 e. The number of H-pyrrole nitrogens is 1. The number of fused-ring (bicyclic) bond motifs is 2. The van der Waals surface area contributed by atoms with Crippen molar-refractivity contribution in [3.05, 3.63) is 65.4 Å². The van der Waals surface area contributed by atoms with Crippen molar-refractivity contribution in [1.82, 2.24) is 19.7 Å². The summed E-state index contributed by atoms with van der Waals surface area (Å²) in [4.78, 5) is 34.4. The van der Waals surface area contributed by atoms with Crippen LogP contribution in [-0.2, 0) is 29.0 Å². The van der Waals surface area contributed by atoms with Gasteiger partial charge in [0.15, 0.2) is 0 Å². The molecule has 0 atom stereocenters. The number of hydrogen-bond donors (Lipinski definition) is 1. The molecule has 2 amide bonds. The Hall–Kier alpha value is -3.52. The Kier molecular flexibility index (Phi) is 7.41. The van der Waals surface area contributed by atoms with E-state index < -0.39 is 0 Å². The first-order valence-corrected chi connectivity index (χ1v) is 12.8. The number of hydrogen-bond acceptors (Lipinski definition) is 5. The zero-order valence-corrected chi connectivity index (χ0v) is 20.9. The van der Waals surface area contributed by atoms with Gasteiger partial charge in [-0.3, -0.25) is 9.69 Å². The second-order valence-corrected chi connectivity index (χ2v) is 9.43. The van der Waals surface area contributed by atoms with Gasteiger partial charge in [-0.2, -0.15) is 0 Å². The van der Waals surface area contributed by atoms with Gasteiger partial charge in [-0.25, -0.2) is 4.79 Å². The van der Waals surface area contributed by atoms with Crippen molar-refractivity contribution in [2.75, 3.05) is 45.9 Å². The summed E-state index contributed by atoms with van der Waals surface area (Å²) in [5, 5.41) is 1.18. The number of piperazine rings is 1. The van der Waals surface area contributed by atoms with Crippen molar-refractivity contribution in [3.63, 3.8) is 0 Å². The van der Waals surface area contributed by atoms with Crippen molar-refractivity contribution < 1.29 is 19.1 Å². The van der Waals surface area contributed by atoms with E-state index in [0.29, 0.717) is 52.2 Å². The SMILES string of the molecule is CCOC(=O)N1CCN(Cc2ccc3c(c2)CN(C(=O)CCc2c[nH]c4ccccc24)CCO3)CC1. The molecule has 1 saturated heterocycles. The first kappa shape index (κ1) is 24.2. The van der Waals surface area contributed by atoms with E-state index in [-0.39, 0.29) is 12.0 Å². The Morgan fingerprint density at radius 2 is 1.86 bits per heavy atom. The predicted molar refractivity (Wildman–Crippen MR) is 138 cm³/mol. The second-order valence-electron chi connectivity index (χ2n) is 9.43. The third kappa shape index (κ3) is 5.49. The van der Waals surface area contributed by atoms with Crippen LogP contribution in [0.15, 0.2) is 48.7 Å². The third-order valence-corrected chi connectivity index (χ3v) is 7.05. The zero-order valence-electron chi connectivity index (χ0n) is 20.9. The highest BCUT2D eigenvalue weighted by Gasteiger charge is 2.23. The van der Waals surface area contributed by atoms with E-state index in [9.17, 15) is 9.59 Å². The molecule has 2 aromatic carbocycles.